The third-order valence-corrected chi connectivity index (χ3v) is 2.69. The zero-order valence-electron chi connectivity index (χ0n) is 11.3. The van der Waals surface area contributed by atoms with Crippen LogP contribution < -0.4 is 10.5 Å². The quantitative estimate of drug-likeness (QED) is 0.869. The van der Waals surface area contributed by atoms with Crippen LogP contribution >= 0.6 is 0 Å². The summed E-state index contributed by atoms with van der Waals surface area (Å²) in [6, 6.07) is 12.4. The molecule has 0 unspecified atom stereocenters. The highest BCUT2D eigenvalue weighted by molar-refractivity contribution is 5.40. The van der Waals surface area contributed by atoms with E-state index in [0.717, 1.165) is 5.56 Å². The molecular formula is C17H16FNO. The van der Waals surface area contributed by atoms with Crippen LogP contribution in [0.1, 0.15) is 16.7 Å². The van der Waals surface area contributed by atoms with E-state index < -0.39 is 0 Å². The van der Waals surface area contributed by atoms with Gasteiger partial charge in [-0.2, -0.15) is 0 Å². The second-order valence-corrected chi connectivity index (χ2v) is 4.46. The summed E-state index contributed by atoms with van der Waals surface area (Å²) in [5.41, 5.74) is 8.08. The number of hydrogen-bond acceptors (Lipinski definition) is 2. The highest BCUT2D eigenvalue weighted by atomic mass is 19.1. The highest BCUT2D eigenvalue weighted by Crippen LogP contribution is 2.17. The van der Waals surface area contributed by atoms with E-state index >= 15 is 0 Å². The van der Waals surface area contributed by atoms with Crippen LogP contribution in [0, 0.1) is 24.6 Å². The van der Waals surface area contributed by atoms with Crippen LogP contribution in [0.3, 0.4) is 0 Å². The lowest BCUT2D eigenvalue weighted by atomic mass is 10.1. The van der Waals surface area contributed by atoms with Gasteiger partial charge in [0.25, 0.3) is 0 Å². The maximum absolute atomic E-state index is 13.5. The Bertz CT molecular complexity index is 656. The minimum absolute atomic E-state index is 0.246. The monoisotopic (exact) mass is 269 g/mol. The van der Waals surface area contributed by atoms with Crippen molar-refractivity contribution in [3.63, 3.8) is 0 Å². The average Bonchev–Trinajstić information content (AvgIpc) is 2.42. The fourth-order valence-corrected chi connectivity index (χ4v) is 1.84. The summed E-state index contributed by atoms with van der Waals surface area (Å²) in [6.45, 7) is 2.66. The molecule has 20 heavy (non-hydrogen) atoms. The number of hydrogen-bond donors (Lipinski definition) is 1. The van der Waals surface area contributed by atoms with Gasteiger partial charge in [0, 0.05) is 11.6 Å². The first-order valence-corrected chi connectivity index (χ1v) is 6.35. The molecule has 2 nitrogen and oxygen atoms in total. The second-order valence-electron chi connectivity index (χ2n) is 4.46. The van der Waals surface area contributed by atoms with E-state index in [2.05, 4.69) is 11.8 Å². The van der Waals surface area contributed by atoms with Crippen LogP contribution in [0.5, 0.6) is 5.75 Å². The molecule has 0 saturated carbocycles. The number of benzene rings is 2. The zero-order chi connectivity index (χ0) is 14.4. The van der Waals surface area contributed by atoms with Crippen molar-refractivity contribution in [2.75, 3.05) is 6.54 Å². The standard InChI is InChI=1S/C17H16FNO/c1-13-4-2-5-15(8-13)12-20-17-10-14(6-3-7-19)9-16(18)11-17/h2,4-5,8-11H,7,12,19H2,1H3. The lowest BCUT2D eigenvalue weighted by Gasteiger charge is -2.07. The molecule has 0 radical (unpaired) electrons. The Morgan fingerprint density at radius 2 is 2.05 bits per heavy atom. The summed E-state index contributed by atoms with van der Waals surface area (Å²) < 4.78 is 19.1. The van der Waals surface area contributed by atoms with Crippen LogP contribution in [0.25, 0.3) is 0 Å². The number of rotatable bonds is 3. The molecule has 0 amide bonds. The maximum atomic E-state index is 13.5. The van der Waals surface area contributed by atoms with Crippen LogP contribution in [-0.2, 0) is 6.61 Å². The van der Waals surface area contributed by atoms with Crippen molar-refractivity contribution in [2.45, 2.75) is 13.5 Å². The molecule has 0 aromatic heterocycles. The molecule has 0 aliphatic rings. The van der Waals surface area contributed by atoms with E-state index in [1.54, 1.807) is 6.07 Å². The van der Waals surface area contributed by atoms with Gasteiger partial charge in [0.05, 0.1) is 6.54 Å². The molecule has 0 heterocycles. The van der Waals surface area contributed by atoms with Gasteiger partial charge in [-0.25, -0.2) is 4.39 Å². The summed E-state index contributed by atoms with van der Waals surface area (Å²) in [5, 5.41) is 0. The van der Waals surface area contributed by atoms with Crippen molar-refractivity contribution >= 4 is 0 Å². The topological polar surface area (TPSA) is 35.2 Å². The van der Waals surface area contributed by atoms with E-state index in [-0.39, 0.29) is 12.4 Å². The molecule has 2 N–H and O–H groups in total. The van der Waals surface area contributed by atoms with Gasteiger partial charge in [-0.15, -0.1) is 0 Å². The molecule has 3 heteroatoms. The van der Waals surface area contributed by atoms with E-state index in [1.165, 1.54) is 17.7 Å². The summed E-state index contributed by atoms with van der Waals surface area (Å²) >= 11 is 0. The minimum atomic E-state index is -0.368. The summed E-state index contributed by atoms with van der Waals surface area (Å²) in [5.74, 6) is 5.59. The Hall–Kier alpha value is -2.31. The molecule has 0 saturated heterocycles. The normalized spacial score (nSPS) is 9.75. The van der Waals surface area contributed by atoms with Gasteiger partial charge in [-0.05, 0) is 24.6 Å². The predicted molar refractivity (Wildman–Crippen MR) is 77.8 cm³/mol. The first kappa shape index (κ1) is 14.1. The molecule has 0 fully saturated rings. The first-order valence-electron chi connectivity index (χ1n) is 6.35. The average molecular weight is 269 g/mol. The van der Waals surface area contributed by atoms with Crippen molar-refractivity contribution in [1.29, 1.82) is 0 Å². The zero-order valence-corrected chi connectivity index (χ0v) is 11.3. The third-order valence-electron chi connectivity index (χ3n) is 2.69. The second kappa shape index (κ2) is 6.74. The molecular weight excluding hydrogens is 253 g/mol. The summed E-state index contributed by atoms with van der Waals surface area (Å²) in [4.78, 5) is 0. The van der Waals surface area contributed by atoms with E-state index in [0.29, 0.717) is 17.9 Å². The first-order chi connectivity index (χ1) is 9.67. The third kappa shape index (κ3) is 4.11. The maximum Gasteiger partial charge on any atom is 0.128 e. The van der Waals surface area contributed by atoms with E-state index in [9.17, 15) is 4.39 Å². The number of nitrogens with two attached hydrogens (primary N) is 1. The number of aryl methyl sites for hydroxylation is 1. The highest BCUT2D eigenvalue weighted by Gasteiger charge is 2.01. The molecule has 0 aliphatic carbocycles. The van der Waals surface area contributed by atoms with E-state index in [4.69, 9.17) is 10.5 Å². The van der Waals surface area contributed by atoms with E-state index in [1.807, 2.05) is 31.2 Å². The number of halogens is 1. The minimum Gasteiger partial charge on any atom is -0.489 e. The fourth-order valence-electron chi connectivity index (χ4n) is 1.84. The van der Waals surface area contributed by atoms with Gasteiger partial charge < -0.3 is 10.5 Å². The predicted octanol–water partition coefficient (Wildman–Crippen LogP) is 3.02. The smallest absolute Gasteiger partial charge is 0.128 e. The molecule has 102 valence electrons. The molecule has 2 rings (SSSR count). The molecule has 2 aromatic carbocycles. The molecule has 0 spiro atoms. The molecule has 2 aromatic rings. The fraction of sp³-hybridized carbons (Fsp3) is 0.176. The molecule has 0 bridgehead atoms. The van der Waals surface area contributed by atoms with Crippen molar-refractivity contribution < 1.29 is 9.13 Å². The van der Waals surface area contributed by atoms with Gasteiger partial charge >= 0.3 is 0 Å². The Kier molecular flexibility index (Phi) is 4.75. The Morgan fingerprint density at radius 3 is 2.80 bits per heavy atom. The lowest BCUT2D eigenvalue weighted by Crippen LogP contribution is -1.97. The van der Waals surface area contributed by atoms with Crippen molar-refractivity contribution in [3.05, 3.63) is 65.0 Å². The summed E-state index contributed by atoms with van der Waals surface area (Å²) in [6.07, 6.45) is 0. The molecule has 0 atom stereocenters. The summed E-state index contributed by atoms with van der Waals surface area (Å²) in [7, 11) is 0. The molecule has 0 aliphatic heterocycles. The van der Waals surface area contributed by atoms with Crippen molar-refractivity contribution in [3.8, 4) is 17.6 Å². The largest absolute Gasteiger partial charge is 0.489 e. The SMILES string of the molecule is Cc1cccc(COc2cc(F)cc(C#CCN)c2)c1. The van der Waals surface area contributed by atoms with Crippen LogP contribution in [-0.4, -0.2) is 6.54 Å². The van der Waals surface area contributed by atoms with Gasteiger partial charge in [0.15, 0.2) is 0 Å². The van der Waals surface area contributed by atoms with Gasteiger partial charge in [-0.3, -0.25) is 0 Å². The van der Waals surface area contributed by atoms with Crippen LogP contribution in [0.15, 0.2) is 42.5 Å². The lowest BCUT2D eigenvalue weighted by molar-refractivity contribution is 0.304. The Labute approximate surface area is 118 Å². The van der Waals surface area contributed by atoms with Gasteiger partial charge in [0.1, 0.15) is 18.2 Å². The Balaban J connectivity index is 2.11. The van der Waals surface area contributed by atoms with Gasteiger partial charge in [0.2, 0.25) is 0 Å². The Morgan fingerprint density at radius 1 is 1.20 bits per heavy atom. The number of ether oxygens (including phenoxy) is 1. The van der Waals surface area contributed by atoms with Gasteiger partial charge in [-0.1, -0.05) is 41.7 Å². The van der Waals surface area contributed by atoms with Crippen LogP contribution in [0.4, 0.5) is 4.39 Å². The van der Waals surface area contributed by atoms with Crippen molar-refractivity contribution in [2.24, 2.45) is 5.73 Å². The van der Waals surface area contributed by atoms with Crippen molar-refractivity contribution in [1.82, 2.24) is 0 Å². The van der Waals surface area contributed by atoms with Crippen LogP contribution in [0.2, 0.25) is 0 Å².